The second-order valence-corrected chi connectivity index (χ2v) is 3.99. The molecule has 0 saturated carbocycles. The third-order valence-electron chi connectivity index (χ3n) is 1.87. The average Bonchev–Trinajstić information content (AvgIpc) is 2.26. The molecule has 108 valence electrons. The van der Waals surface area contributed by atoms with Crippen LogP contribution in [0.4, 0.5) is 0 Å². The highest BCUT2D eigenvalue weighted by atomic mass is 16.4. The van der Waals surface area contributed by atoms with Crippen molar-refractivity contribution in [3.8, 4) is 0 Å². The first-order valence-corrected chi connectivity index (χ1v) is 5.26. The van der Waals surface area contributed by atoms with Gasteiger partial charge < -0.3 is 15.3 Å². The zero-order chi connectivity index (χ0) is 15.7. The molecule has 0 heterocycles. The van der Waals surface area contributed by atoms with Gasteiger partial charge in [-0.2, -0.15) is 0 Å². The molecule has 0 saturated heterocycles. The number of hydrogen-bond acceptors (Lipinski definition) is 5. The molecule has 19 heavy (non-hydrogen) atoms. The van der Waals surface area contributed by atoms with E-state index in [1.807, 2.05) is 0 Å². The van der Waals surface area contributed by atoms with Gasteiger partial charge in [0.2, 0.25) is 11.6 Å². The summed E-state index contributed by atoms with van der Waals surface area (Å²) in [7, 11) is 0. The van der Waals surface area contributed by atoms with Crippen LogP contribution >= 0.6 is 0 Å². The molecule has 0 aromatic heterocycles. The highest BCUT2D eigenvalue weighted by molar-refractivity contribution is 6.33. The van der Waals surface area contributed by atoms with Crippen LogP contribution in [-0.4, -0.2) is 44.8 Å². The van der Waals surface area contributed by atoms with Gasteiger partial charge in [0.25, 0.3) is 0 Å². The Morgan fingerprint density at radius 3 is 1.32 bits per heavy atom. The Morgan fingerprint density at radius 2 is 1.16 bits per heavy atom. The fourth-order valence-corrected chi connectivity index (χ4v) is 0.812. The quantitative estimate of drug-likeness (QED) is 0.576. The van der Waals surface area contributed by atoms with Crippen molar-refractivity contribution in [3.05, 3.63) is 0 Å². The normalized spacial score (nSPS) is 10.9. The number of carbonyl (C=O) groups is 5. The van der Waals surface area contributed by atoms with Crippen LogP contribution in [0.25, 0.3) is 0 Å². The van der Waals surface area contributed by atoms with Crippen LogP contribution in [0.2, 0.25) is 0 Å². The van der Waals surface area contributed by atoms with Crippen LogP contribution in [0.15, 0.2) is 0 Å². The molecular weight excluding hydrogens is 260 g/mol. The third-order valence-corrected chi connectivity index (χ3v) is 1.87. The fourth-order valence-electron chi connectivity index (χ4n) is 0.812. The number of aliphatic carboxylic acids is 3. The van der Waals surface area contributed by atoms with Crippen LogP contribution in [0.1, 0.15) is 27.2 Å². The molecule has 3 N–H and O–H groups in total. The van der Waals surface area contributed by atoms with E-state index in [-0.39, 0.29) is 0 Å². The lowest BCUT2D eigenvalue weighted by Gasteiger charge is -2.01. The molecule has 1 unspecified atom stereocenters. The Hall–Kier alpha value is -2.25. The highest BCUT2D eigenvalue weighted by Gasteiger charge is 2.22. The minimum Gasteiger partial charge on any atom is -0.481 e. The van der Waals surface area contributed by atoms with Crippen molar-refractivity contribution in [2.45, 2.75) is 27.2 Å². The number of carboxylic acid groups (broad SMARTS) is 3. The van der Waals surface area contributed by atoms with Gasteiger partial charge in [-0.25, -0.2) is 9.59 Å². The number of ketones is 2. The van der Waals surface area contributed by atoms with E-state index in [9.17, 15) is 24.0 Å². The number of carbonyl (C=O) groups excluding carboxylic acids is 2. The fraction of sp³-hybridized carbons (Fsp3) is 0.545. The Labute approximate surface area is 109 Å². The molecule has 8 heteroatoms. The van der Waals surface area contributed by atoms with Gasteiger partial charge >= 0.3 is 17.9 Å². The van der Waals surface area contributed by atoms with Gasteiger partial charge in [0.1, 0.15) is 0 Å². The van der Waals surface area contributed by atoms with Crippen molar-refractivity contribution < 1.29 is 39.3 Å². The number of carboxylic acids is 3. The largest absolute Gasteiger partial charge is 0.481 e. The van der Waals surface area contributed by atoms with Gasteiger partial charge in [-0.05, 0) is 0 Å². The summed E-state index contributed by atoms with van der Waals surface area (Å²) in [6.07, 6.45) is -0.439. The van der Waals surface area contributed by atoms with Crippen LogP contribution in [0.3, 0.4) is 0 Å². The summed E-state index contributed by atoms with van der Waals surface area (Å²) >= 11 is 0. The summed E-state index contributed by atoms with van der Waals surface area (Å²) in [6.45, 7) is 4.37. The molecule has 0 aromatic rings. The van der Waals surface area contributed by atoms with Crippen LogP contribution in [-0.2, 0) is 24.0 Å². The minimum absolute atomic E-state index is 0.396. The van der Waals surface area contributed by atoms with E-state index in [2.05, 4.69) is 0 Å². The Kier molecular flexibility index (Phi) is 8.83. The van der Waals surface area contributed by atoms with Crippen molar-refractivity contribution >= 4 is 29.5 Å². The molecule has 0 radical (unpaired) electrons. The van der Waals surface area contributed by atoms with Gasteiger partial charge in [0.15, 0.2) is 0 Å². The van der Waals surface area contributed by atoms with E-state index in [0.29, 0.717) is 0 Å². The molecule has 0 aliphatic heterocycles. The zero-order valence-corrected chi connectivity index (χ0v) is 10.7. The molecule has 8 nitrogen and oxygen atoms in total. The van der Waals surface area contributed by atoms with E-state index in [0.717, 1.165) is 0 Å². The Bertz CT molecular complexity index is 382. The van der Waals surface area contributed by atoms with E-state index < -0.39 is 47.7 Å². The number of rotatable bonds is 6. The summed E-state index contributed by atoms with van der Waals surface area (Å²) < 4.78 is 0. The summed E-state index contributed by atoms with van der Waals surface area (Å²) in [4.78, 5) is 50.5. The van der Waals surface area contributed by atoms with Crippen LogP contribution in [0, 0.1) is 11.8 Å². The predicted octanol–water partition coefficient (Wildman–Crippen LogP) is 0.0470. The second-order valence-electron chi connectivity index (χ2n) is 3.99. The van der Waals surface area contributed by atoms with E-state index in [1.54, 1.807) is 13.8 Å². The molecule has 0 aromatic carbocycles. The maximum atomic E-state index is 10.5. The summed E-state index contributed by atoms with van der Waals surface area (Å²) in [5.41, 5.74) is 0. The lowest BCUT2D eigenvalue weighted by atomic mass is 10.0. The van der Waals surface area contributed by atoms with E-state index >= 15 is 0 Å². The van der Waals surface area contributed by atoms with Crippen LogP contribution < -0.4 is 0 Å². The molecule has 0 rings (SSSR count). The molecule has 0 aliphatic carbocycles. The van der Waals surface area contributed by atoms with E-state index in [1.165, 1.54) is 6.92 Å². The predicted molar refractivity (Wildman–Crippen MR) is 61.5 cm³/mol. The summed E-state index contributed by atoms with van der Waals surface area (Å²) in [5.74, 6) is -7.25. The first-order valence-electron chi connectivity index (χ1n) is 5.26. The second kappa shape index (κ2) is 8.78. The van der Waals surface area contributed by atoms with Crippen molar-refractivity contribution in [2.75, 3.05) is 0 Å². The molecule has 0 spiro atoms. The van der Waals surface area contributed by atoms with Crippen molar-refractivity contribution in [1.29, 1.82) is 0 Å². The Balaban J connectivity index is 0. The standard InChI is InChI=1S/C6H8O5.C5H8O3/c1-3(2-4(7)8)5(9)6(10)11;1-3(2)4(6)5(7)8/h3H,2H2,1H3,(H,7,8)(H,10,11);3H,1-2H3,(H,7,8). The molecule has 0 amide bonds. The highest BCUT2D eigenvalue weighted by Crippen LogP contribution is 2.02. The van der Waals surface area contributed by atoms with Gasteiger partial charge in [0, 0.05) is 11.8 Å². The Morgan fingerprint density at radius 1 is 0.789 bits per heavy atom. The monoisotopic (exact) mass is 276 g/mol. The first kappa shape index (κ1) is 19.1. The molecule has 0 fully saturated rings. The third kappa shape index (κ3) is 9.45. The van der Waals surface area contributed by atoms with Gasteiger partial charge in [-0.3, -0.25) is 14.4 Å². The maximum Gasteiger partial charge on any atom is 0.372 e. The molecular formula is C11H16O8. The maximum absolute atomic E-state index is 10.5. The average molecular weight is 276 g/mol. The summed E-state index contributed by atoms with van der Waals surface area (Å²) in [5, 5.41) is 24.3. The smallest absolute Gasteiger partial charge is 0.372 e. The number of Topliss-reactive ketones (excluding diaryl/α,β-unsaturated/α-hetero) is 2. The van der Waals surface area contributed by atoms with Crippen molar-refractivity contribution in [1.82, 2.24) is 0 Å². The summed E-state index contributed by atoms with van der Waals surface area (Å²) in [6, 6.07) is 0. The topological polar surface area (TPSA) is 146 Å². The lowest BCUT2D eigenvalue weighted by molar-refractivity contribution is -0.152. The van der Waals surface area contributed by atoms with Gasteiger partial charge in [0.05, 0.1) is 6.42 Å². The SMILES string of the molecule is CC(C)C(=O)C(=O)O.CC(CC(=O)O)C(=O)C(=O)O. The molecule has 0 bridgehead atoms. The number of hydrogen-bond donors (Lipinski definition) is 3. The van der Waals surface area contributed by atoms with Gasteiger partial charge in [-0.15, -0.1) is 0 Å². The minimum atomic E-state index is -1.58. The first-order chi connectivity index (χ1) is 8.50. The zero-order valence-electron chi connectivity index (χ0n) is 10.7. The lowest BCUT2D eigenvalue weighted by Crippen LogP contribution is -2.23. The van der Waals surface area contributed by atoms with Crippen molar-refractivity contribution in [3.63, 3.8) is 0 Å². The van der Waals surface area contributed by atoms with Crippen LogP contribution in [0.5, 0.6) is 0 Å². The van der Waals surface area contributed by atoms with E-state index in [4.69, 9.17) is 15.3 Å². The van der Waals surface area contributed by atoms with Crippen molar-refractivity contribution in [2.24, 2.45) is 11.8 Å². The van der Waals surface area contributed by atoms with Gasteiger partial charge in [-0.1, -0.05) is 20.8 Å². The molecule has 1 atom stereocenters. The molecule has 0 aliphatic rings.